The molecule has 138 valence electrons. The summed E-state index contributed by atoms with van der Waals surface area (Å²) in [6.45, 7) is 3.69. The Bertz CT molecular complexity index is 943. The van der Waals surface area contributed by atoms with Gasteiger partial charge in [-0.3, -0.25) is 4.79 Å². The molecular formula is C22H20BrNO3. The molecule has 3 rings (SSSR count). The van der Waals surface area contributed by atoms with Gasteiger partial charge in [0, 0.05) is 32.9 Å². The highest BCUT2D eigenvalue weighted by molar-refractivity contribution is 9.10. The number of benzene rings is 2. The second kappa shape index (κ2) is 7.92. The van der Waals surface area contributed by atoms with Gasteiger partial charge in [-0.25, -0.2) is 4.79 Å². The quantitative estimate of drug-likeness (QED) is 0.567. The summed E-state index contributed by atoms with van der Waals surface area (Å²) < 4.78 is 5.95. The molecule has 4 nitrogen and oxygen atoms in total. The first-order valence-corrected chi connectivity index (χ1v) is 9.35. The first kappa shape index (κ1) is 19.1. The number of hydrogen-bond donors (Lipinski definition) is 1. The van der Waals surface area contributed by atoms with E-state index in [-0.39, 0.29) is 5.78 Å². The van der Waals surface area contributed by atoms with E-state index in [0.717, 1.165) is 15.7 Å². The van der Waals surface area contributed by atoms with Crippen LogP contribution in [0.5, 0.6) is 0 Å². The minimum Gasteiger partial charge on any atom is -0.466 e. The molecule has 2 aromatic rings. The Morgan fingerprint density at radius 1 is 0.926 bits per heavy atom. The van der Waals surface area contributed by atoms with Crippen molar-refractivity contribution >= 4 is 27.7 Å². The fourth-order valence-corrected chi connectivity index (χ4v) is 3.67. The van der Waals surface area contributed by atoms with Gasteiger partial charge in [0.05, 0.1) is 12.7 Å². The first-order valence-electron chi connectivity index (χ1n) is 8.56. The number of carbonyl (C=O) groups is 2. The predicted octanol–water partition coefficient (Wildman–Crippen LogP) is 4.74. The van der Waals surface area contributed by atoms with Crippen molar-refractivity contribution in [3.05, 3.63) is 92.7 Å². The van der Waals surface area contributed by atoms with E-state index in [1.165, 1.54) is 7.11 Å². The summed E-state index contributed by atoms with van der Waals surface area (Å²) in [5.74, 6) is -1.05. The van der Waals surface area contributed by atoms with Crippen LogP contribution in [-0.4, -0.2) is 18.9 Å². The molecule has 0 aliphatic carbocycles. The van der Waals surface area contributed by atoms with Crippen LogP contribution in [0, 0.1) is 0 Å². The van der Waals surface area contributed by atoms with Crippen molar-refractivity contribution in [3.8, 4) is 0 Å². The molecule has 0 amide bonds. The molecule has 1 N–H and O–H groups in total. The third-order valence-electron chi connectivity index (χ3n) is 4.65. The molecule has 2 aromatic carbocycles. The smallest absolute Gasteiger partial charge is 0.336 e. The topological polar surface area (TPSA) is 55.4 Å². The predicted molar refractivity (Wildman–Crippen MR) is 108 cm³/mol. The van der Waals surface area contributed by atoms with Gasteiger partial charge in [0.1, 0.15) is 0 Å². The summed E-state index contributed by atoms with van der Waals surface area (Å²) in [5, 5.41) is 3.18. The van der Waals surface area contributed by atoms with Crippen LogP contribution in [-0.2, 0) is 9.53 Å². The minimum absolute atomic E-state index is 0.109. The minimum atomic E-state index is -0.500. The van der Waals surface area contributed by atoms with Gasteiger partial charge in [0.25, 0.3) is 0 Å². The van der Waals surface area contributed by atoms with Crippen molar-refractivity contribution in [3.63, 3.8) is 0 Å². The number of ketones is 1. The summed E-state index contributed by atoms with van der Waals surface area (Å²) in [5.41, 5.74) is 3.87. The monoisotopic (exact) mass is 425 g/mol. The summed E-state index contributed by atoms with van der Waals surface area (Å²) in [4.78, 5) is 25.9. The number of Topliss-reactive ketones (excluding diaryl/α,β-unsaturated/α-hetero) is 1. The molecule has 0 fully saturated rings. The zero-order valence-electron chi connectivity index (χ0n) is 15.4. The molecule has 0 spiro atoms. The number of hydrogen-bond acceptors (Lipinski definition) is 4. The fraction of sp³-hybridized carbons (Fsp3) is 0.182. The van der Waals surface area contributed by atoms with E-state index in [1.54, 1.807) is 12.1 Å². The van der Waals surface area contributed by atoms with E-state index >= 15 is 0 Å². The van der Waals surface area contributed by atoms with Crippen LogP contribution in [0.1, 0.15) is 35.7 Å². The number of methoxy groups -OCH3 is 1. The van der Waals surface area contributed by atoms with E-state index in [1.807, 2.05) is 56.3 Å². The third kappa shape index (κ3) is 3.74. The van der Waals surface area contributed by atoms with Gasteiger partial charge in [0.15, 0.2) is 5.78 Å². The number of halogens is 1. The van der Waals surface area contributed by atoms with Crippen molar-refractivity contribution in [1.29, 1.82) is 0 Å². The Kier molecular flexibility index (Phi) is 5.61. The van der Waals surface area contributed by atoms with E-state index in [0.29, 0.717) is 22.4 Å². The van der Waals surface area contributed by atoms with Crippen LogP contribution in [0.15, 0.2) is 81.6 Å². The molecule has 0 aromatic heterocycles. The fourth-order valence-electron chi connectivity index (χ4n) is 3.41. The van der Waals surface area contributed by atoms with Gasteiger partial charge in [-0.2, -0.15) is 0 Å². The average Bonchev–Trinajstić information content (AvgIpc) is 2.68. The third-order valence-corrected chi connectivity index (χ3v) is 5.18. The van der Waals surface area contributed by atoms with E-state index in [2.05, 4.69) is 21.2 Å². The zero-order chi connectivity index (χ0) is 19.6. The van der Waals surface area contributed by atoms with Gasteiger partial charge in [0.2, 0.25) is 0 Å². The van der Waals surface area contributed by atoms with Crippen LogP contribution in [0.4, 0.5) is 0 Å². The van der Waals surface area contributed by atoms with Crippen LogP contribution in [0.2, 0.25) is 0 Å². The van der Waals surface area contributed by atoms with Gasteiger partial charge < -0.3 is 10.1 Å². The van der Waals surface area contributed by atoms with E-state index in [4.69, 9.17) is 4.74 Å². The lowest BCUT2D eigenvalue weighted by Gasteiger charge is -2.30. The lowest BCUT2D eigenvalue weighted by atomic mass is 9.77. The maximum absolute atomic E-state index is 13.3. The summed E-state index contributed by atoms with van der Waals surface area (Å²) >= 11 is 3.44. The number of allylic oxidation sites excluding steroid dienone is 3. The molecule has 5 heteroatoms. The average molecular weight is 426 g/mol. The molecule has 1 atom stereocenters. The van der Waals surface area contributed by atoms with E-state index in [9.17, 15) is 9.59 Å². The Hall–Kier alpha value is -2.66. The lowest BCUT2D eigenvalue weighted by molar-refractivity contribution is -0.136. The normalized spacial score (nSPS) is 16.8. The van der Waals surface area contributed by atoms with Crippen LogP contribution >= 0.6 is 15.9 Å². The summed E-state index contributed by atoms with van der Waals surface area (Å²) in [7, 11) is 1.35. The van der Waals surface area contributed by atoms with Crippen molar-refractivity contribution in [2.45, 2.75) is 19.8 Å². The molecule has 1 aliphatic rings. The molecule has 0 saturated carbocycles. The maximum Gasteiger partial charge on any atom is 0.336 e. The molecular weight excluding hydrogens is 406 g/mol. The van der Waals surface area contributed by atoms with Gasteiger partial charge in [-0.05, 0) is 31.5 Å². The summed E-state index contributed by atoms with van der Waals surface area (Å²) in [6.07, 6.45) is 0. The Labute approximate surface area is 167 Å². The highest BCUT2D eigenvalue weighted by Gasteiger charge is 2.37. The Morgan fingerprint density at radius 2 is 1.52 bits per heavy atom. The molecule has 1 unspecified atom stereocenters. The molecule has 0 radical (unpaired) electrons. The van der Waals surface area contributed by atoms with Crippen molar-refractivity contribution < 1.29 is 14.3 Å². The van der Waals surface area contributed by atoms with Gasteiger partial charge in [-0.15, -0.1) is 0 Å². The molecule has 1 heterocycles. The number of nitrogens with one attached hydrogen (secondary N) is 1. The first-order chi connectivity index (χ1) is 12.9. The highest BCUT2D eigenvalue weighted by atomic mass is 79.9. The van der Waals surface area contributed by atoms with Crippen LogP contribution < -0.4 is 5.32 Å². The largest absolute Gasteiger partial charge is 0.466 e. The summed E-state index contributed by atoms with van der Waals surface area (Å²) in [6, 6.07) is 16.7. The second-order valence-corrected chi connectivity index (χ2v) is 7.29. The Balaban J connectivity index is 2.19. The molecule has 0 saturated heterocycles. The second-order valence-electron chi connectivity index (χ2n) is 6.37. The molecule has 27 heavy (non-hydrogen) atoms. The van der Waals surface area contributed by atoms with Crippen molar-refractivity contribution in [2.75, 3.05) is 7.11 Å². The lowest BCUT2D eigenvalue weighted by Crippen LogP contribution is -2.31. The van der Waals surface area contributed by atoms with Gasteiger partial charge >= 0.3 is 5.97 Å². The Morgan fingerprint density at radius 3 is 2.11 bits per heavy atom. The number of esters is 1. The maximum atomic E-state index is 13.3. The SMILES string of the molecule is COC(=O)C1=C(C)NC(C)=C(C(=O)c2ccccc2)C1c1ccc(Br)cc1. The van der Waals surface area contributed by atoms with Crippen molar-refractivity contribution in [2.24, 2.45) is 0 Å². The molecule has 0 bridgehead atoms. The van der Waals surface area contributed by atoms with E-state index < -0.39 is 11.9 Å². The molecule has 1 aliphatic heterocycles. The van der Waals surface area contributed by atoms with Crippen molar-refractivity contribution in [1.82, 2.24) is 5.32 Å². The number of ether oxygens (including phenoxy) is 1. The van der Waals surface area contributed by atoms with Crippen LogP contribution in [0.3, 0.4) is 0 Å². The highest BCUT2D eigenvalue weighted by Crippen LogP contribution is 2.40. The number of carbonyl (C=O) groups excluding carboxylic acids is 2. The zero-order valence-corrected chi connectivity index (χ0v) is 17.0. The van der Waals surface area contributed by atoms with Crippen LogP contribution in [0.25, 0.3) is 0 Å². The standard InChI is InChI=1S/C22H20BrNO3/c1-13-18(21(25)16-7-5-4-6-8-16)20(15-9-11-17(23)12-10-15)19(14(2)24-13)22(26)27-3/h4-12,20,24H,1-3H3. The number of rotatable bonds is 4. The van der Waals surface area contributed by atoms with Gasteiger partial charge in [-0.1, -0.05) is 58.4 Å². The number of dihydropyridines is 1.